The van der Waals surface area contributed by atoms with Crippen molar-refractivity contribution in [2.24, 2.45) is 0 Å². The van der Waals surface area contributed by atoms with Crippen molar-refractivity contribution in [3.8, 4) is 0 Å². The fraction of sp³-hybridized carbons (Fsp3) is 0.211. The molecule has 3 amide bonds. The third-order valence-electron chi connectivity index (χ3n) is 4.37. The van der Waals surface area contributed by atoms with Crippen molar-refractivity contribution in [2.45, 2.75) is 26.8 Å². The highest BCUT2D eigenvalue weighted by atomic mass is 35.5. The second kappa shape index (κ2) is 6.74. The lowest BCUT2D eigenvalue weighted by Crippen LogP contribution is -2.45. The Bertz CT molecular complexity index is 915. The Balaban J connectivity index is 1.86. The lowest BCUT2D eigenvalue weighted by Gasteiger charge is -2.22. The summed E-state index contributed by atoms with van der Waals surface area (Å²) in [5, 5.41) is 3.13. The van der Waals surface area contributed by atoms with Crippen LogP contribution in [-0.4, -0.2) is 28.7 Å². The van der Waals surface area contributed by atoms with Crippen molar-refractivity contribution in [1.29, 1.82) is 0 Å². The summed E-state index contributed by atoms with van der Waals surface area (Å²) in [5.74, 6) is -1.58. The first-order valence-electron chi connectivity index (χ1n) is 7.95. The lowest BCUT2D eigenvalue weighted by molar-refractivity contribution is -0.119. The van der Waals surface area contributed by atoms with Crippen molar-refractivity contribution in [2.75, 3.05) is 5.32 Å². The fourth-order valence-electron chi connectivity index (χ4n) is 2.91. The van der Waals surface area contributed by atoms with Crippen LogP contribution in [0.25, 0.3) is 0 Å². The highest BCUT2D eigenvalue weighted by Gasteiger charge is 2.41. The minimum absolute atomic E-state index is 0.149. The van der Waals surface area contributed by atoms with Crippen LogP contribution in [0, 0.1) is 13.8 Å². The van der Waals surface area contributed by atoms with Crippen LogP contribution >= 0.6 is 23.2 Å². The molecule has 5 nitrogen and oxygen atoms in total. The summed E-state index contributed by atoms with van der Waals surface area (Å²) in [6.45, 7) is 5.33. The molecule has 0 radical (unpaired) electrons. The van der Waals surface area contributed by atoms with Crippen molar-refractivity contribution in [1.82, 2.24) is 4.90 Å². The topological polar surface area (TPSA) is 66.5 Å². The molecule has 0 fully saturated rings. The van der Waals surface area contributed by atoms with E-state index in [1.807, 2.05) is 26.0 Å². The number of halogens is 2. The van der Waals surface area contributed by atoms with Crippen molar-refractivity contribution in [3.05, 3.63) is 62.6 Å². The predicted octanol–water partition coefficient (Wildman–Crippen LogP) is 4.23. The summed E-state index contributed by atoms with van der Waals surface area (Å²) in [5.41, 5.74) is 2.90. The molecule has 0 aliphatic carbocycles. The summed E-state index contributed by atoms with van der Waals surface area (Å²) in [6.07, 6.45) is 0. The third kappa shape index (κ3) is 3.08. The van der Waals surface area contributed by atoms with Crippen LogP contribution in [-0.2, 0) is 4.79 Å². The van der Waals surface area contributed by atoms with E-state index in [4.69, 9.17) is 23.2 Å². The normalized spacial score (nSPS) is 14.4. The Hall–Kier alpha value is -2.37. The average molecular weight is 391 g/mol. The number of nitrogens with zero attached hydrogens (tertiary/aromatic N) is 1. The van der Waals surface area contributed by atoms with Gasteiger partial charge in [-0.15, -0.1) is 0 Å². The minimum Gasteiger partial charge on any atom is -0.324 e. The molecule has 0 spiro atoms. The van der Waals surface area contributed by atoms with E-state index in [1.165, 1.54) is 19.1 Å². The Morgan fingerprint density at radius 3 is 2.04 bits per heavy atom. The number of rotatable bonds is 3. The molecule has 0 bridgehead atoms. The van der Waals surface area contributed by atoms with Crippen molar-refractivity contribution < 1.29 is 14.4 Å². The Morgan fingerprint density at radius 2 is 1.54 bits per heavy atom. The number of fused-ring (bicyclic) bond motifs is 1. The summed E-state index contributed by atoms with van der Waals surface area (Å²) in [7, 11) is 0. The van der Waals surface area contributed by atoms with E-state index < -0.39 is 23.8 Å². The molecule has 1 unspecified atom stereocenters. The molecule has 0 saturated carbocycles. The zero-order chi connectivity index (χ0) is 19.2. The number of hydrogen-bond donors (Lipinski definition) is 1. The number of anilines is 1. The quantitative estimate of drug-likeness (QED) is 0.797. The lowest BCUT2D eigenvalue weighted by atomic mass is 10.1. The molecule has 134 valence electrons. The van der Waals surface area contributed by atoms with E-state index in [0.717, 1.165) is 16.0 Å². The van der Waals surface area contributed by atoms with Crippen LogP contribution in [0.5, 0.6) is 0 Å². The van der Waals surface area contributed by atoms with Crippen LogP contribution < -0.4 is 5.32 Å². The number of imide groups is 1. The van der Waals surface area contributed by atoms with E-state index in [-0.39, 0.29) is 21.2 Å². The van der Waals surface area contributed by atoms with Gasteiger partial charge in [0.1, 0.15) is 6.04 Å². The molecule has 1 heterocycles. The van der Waals surface area contributed by atoms with Crippen LogP contribution in [0.4, 0.5) is 5.69 Å². The van der Waals surface area contributed by atoms with Gasteiger partial charge in [0, 0.05) is 5.69 Å². The molecule has 0 saturated heterocycles. The predicted molar refractivity (Wildman–Crippen MR) is 101 cm³/mol. The number of hydrogen-bond acceptors (Lipinski definition) is 3. The first-order valence-corrected chi connectivity index (χ1v) is 8.71. The van der Waals surface area contributed by atoms with E-state index in [0.29, 0.717) is 5.69 Å². The molecule has 1 aliphatic heterocycles. The maximum absolute atomic E-state index is 12.6. The smallest absolute Gasteiger partial charge is 0.262 e. The molecule has 1 N–H and O–H groups in total. The van der Waals surface area contributed by atoms with Gasteiger partial charge < -0.3 is 5.32 Å². The standard InChI is InChI=1S/C19H16Cl2N2O3/c1-9-4-5-16(10(2)6-9)22-17(24)11(3)23-18(25)12-7-14(20)15(21)8-13(12)19(23)26/h4-8,11H,1-3H3,(H,22,24). The van der Waals surface area contributed by atoms with Gasteiger partial charge in [0.25, 0.3) is 11.8 Å². The summed E-state index contributed by atoms with van der Waals surface area (Å²) in [4.78, 5) is 38.7. The molecule has 1 aliphatic rings. The number of carbonyl (C=O) groups is 3. The first-order chi connectivity index (χ1) is 12.2. The maximum atomic E-state index is 12.6. The summed E-state index contributed by atoms with van der Waals surface area (Å²) >= 11 is 11.9. The second-order valence-electron chi connectivity index (χ2n) is 6.28. The van der Waals surface area contributed by atoms with E-state index in [9.17, 15) is 14.4 Å². The molecule has 7 heteroatoms. The zero-order valence-electron chi connectivity index (χ0n) is 14.4. The van der Waals surface area contributed by atoms with Gasteiger partial charge in [-0.2, -0.15) is 0 Å². The summed E-state index contributed by atoms with van der Waals surface area (Å²) in [6, 6.07) is 7.33. The van der Waals surface area contributed by atoms with Crippen LogP contribution in [0.2, 0.25) is 10.0 Å². The number of aryl methyl sites for hydroxylation is 2. The highest BCUT2D eigenvalue weighted by Crippen LogP contribution is 2.32. The molecule has 2 aromatic carbocycles. The molecule has 3 rings (SSSR count). The minimum atomic E-state index is -0.986. The Kier molecular flexibility index (Phi) is 4.78. The Morgan fingerprint density at radius 1 is 1.00 bits per heavy atom. The van der Waals surface area contributed by atoms with E-state index in [2.05, 4.69) is 5.32 Å². The number of amides is 3. The van der Waals surface area contributed by atoms with Gasteiger partial charge in [0.05, 0.1) is 21.2 Å². The second-order valence-corrected chi connectivity index (χ2v) is 7.09. The zero-order valence-corrected chi connectivity index (χ0v) is 15.9. The van der Waals surface area contributed by atoms with Crippen LogP contribution in [0.15, 0.2) is 30.3 Å². The van der Waals surface area contributed by atoms with Gasteiger partial charge in [0.15, 0.2) is 0 Å². The fourth-order valence-corrected chi connectivity index (χ4v) is 3.24. The van der Waals surface area contributed by atoms with E-state index in [1.54, 1.807) is 6.07 Å². The molecule has 26 heavy (non-hydrogen) atoms. The largest absolute Gasteiger partial charge is 0.324 e. The SMILES string of the molecule is Cc1ccc(NC(=O)C(C)N2C(=O)c3cc(Cl)c(Cl)cc3C2=O)c(C)c1. The van der Waals surface area contributed by atoms with Gasteiger partial charge in [-0.1, -0.05) is 40.9 Å². The molecule has 1 atom stereocenters. The third-order valence-corrected chi connectivity index (χ3v) is 5.09. The monoisotopic (exact) mass is 390 g/mol. The molecule has 0 aromatic heterocycles. The van der Waals surface area contributed by atoms with E-state index >= 15 is 0 Å². The molecular weight excluding hydrogens is 375 g/mol. The van der Waals surface area contributed by atoms with Gasteiger partial charge in [0.2, 0.25) is 5.91 Å². The molecule has 2 aromatic rings. The van der Waals surface area contributed by atoms with Gasteiger partial charge in [-0.05, 0) is 44.5 Å². The Labute approximate surface area is 160 Å². The maximum Gasteiger partial charge on any atom is 0.262 e. The van der Waals surface area contributed by atoms with Gasteiger partial charge in [-0.3, -0.25) is 19.3 Å². The van der Waals surface area contributed by atoms with Crippen molar-refractivity contribution in [3.63, 3.8) is 0 Å². The number of benzene rings is 2. The highest BCUT2D eigenvalue weighted by molar-refractivity contribution is 6.43. The average Bonchev–Trinajstić information content (AvgIpc) is 2.81. The van der Waals surface area contributed by atoms with Crippen molar-refractivity contribution >= 4 is 46.6 Å². The first kappa shape index (κ1) is 18.4. The van der Waals surface area contributed by atoms with Crippen LogP contribution in [0.1, 0.15) is 38.8 Å². The summed E-state index contributed by atoms with van der Waals surface area (Å²) < 4.78 is 0. The molecular formula is C19H16Cl2N2O3. The van der Waals surface area contributed by atoms with Gasteiger partial charge >= 0.3 is 0 Å². The number of nitrogens with one attached hydrogen (secondary N) is 1. The van der Waals surface area contributed by atoms with Gasteiger partial charge in [-0.25, -0.2) is 0 Å². The van der Waals surface area contributed by atoms with Crippen LogP contribution in [0.3, 0.4) is 0 Å². The number of carbonyl (C=O) groups excluding carboxylic acids is 3.